The molecule has 0 fully saturated rings. The lowest BCUT2D eigenvalue weighted by Gasteiger charge is -2.07. The number of hydrogen-bond donors (Lipinski definition) is 1. The highest BCUT2D eigenvalue weighted by atomic mass is 32.2. The number of hydrogen-bond acceptors (Lipinski definition) is 5. The zero-order valence-corrected chi connectivity index (χ0v) is 16.4. The number of alkyl halides is 3. The molecule has 152 valence electrons. The molecule has 0 aliphatic carbocycles. The van der Waals surface area contributed by atoms with E-state index in [2.05, 4.69) is 22.4 Å². The van der Waals surface area contributed by atoms with Crippen LogP contribution in [-0.4, -0.2) is 32.2 Å². The van der Waals surface area contributed by atoms with Crippen LogP contribution < -0.4 is 5.32 Å². The van der Waals surface area contributed by atoms with Gasteiger partial charge in [-0.25, -0.2) is 0 Å². The van der Waals surface area contributed by atoms with E-state index in [1.807, 2.05) is 0 Å². The summed E-state index contributed by atoms with van der Waals surface area (Å²) in [5.74, 6) is -1.53. The van der Waals surface area contributed by atoms with Crippen LogP contribution >= 0.6 is 11.8 Å². The number of unbranched alkanes of at least 4 members (excludes halogenated alkanes) is 2. The van der Waals surface area contributed by atoms with Crippen LogP contribution in [0.2, 0.25) is 0 Å². The van der Waals surface area contributed by atoms with Crippen molar-refractivity contribution >= 4 is 29.1 Å². The van der Waals surface area contributed by atoms with E-state index in [4.69, 9.17) is 0 Å². The molecule has 0 unspecified atom stereocenters. The zero-order valence-electron chi connectivity index (χ0n) is 15.5. The minimum atomic E-state index is -4.60. The first-order valence-electron chi connectivity index (χ1n) is 8.75. The SMILES string of the molecule is CCCCCC(=O)Nc1ccc(C(=O)CSc2nnc(C(F)(F)F)n2C)cc1. The lowest BCUT2D eigenvalue weighted by molar-refractivity contribution is -0.147. The summed E-state index contributed by atoms with van der Waals surface area (Å²) in [6, 6.07) is 6.39. The fourth-order valence-electron chi connectivity index (χ4n) is 2.40. The van der Waals surface area contributed by atoms with E-state index in [0.29, 0.717) is 17.7 Å². The van der Waals surface area contributed by atoms with Crippen molar-refractivity contribution in [2.75, 3.05) is 11.1 Å². The molecule has 0 bridgehead atoms. The van der Waals surface area contributed by atoms with Gasteiger partial charge in [0, 0.05) is 24.7 Å². The minimum absolute atomic E-state index is 0.0108. The van der Waals surface area contributed by atoms with Gasteiger partial charge in [0.1, 0.15) is 0 Å². The van der Waals surface area contributed by atoms with Crippen LogP contribution in [0.15, 0.2) is 29.4 Å². The molecule has 0 aliphatic heterocycles. The Labute approximate surface area is 164 Å². The second-order valence-electron chi connectivity index (χ2n) is 6.16. The Morgan fingerprint density at radius 2 is 1.82 bits per heavy atom. The molecule has 1 amide bonds. The molecule has 0 radical (unpaired) electrons. The smallest absolute Gasteiger partial charge is 0.326 e. The second kappa shape index (κ2) is 9.72. The molecule has 1 aromatic heterocycles. The van der Waals surface area contributed by atoms with Crippen molar-refractivity contribution in [2.24, 2.45) is 7.05 Å². The Balaban J connectivity index is 1.90. The Kier molecular flexibility index (Phi) is 7.61. The number of thioether (sulfide) groups is 1. The van der Waals surface area contributed by atoms with Gasteiger partial charge in [0.25, 0.3) is 0 Å². The summed E-state index contributed by atoms with van der Waals surface area (Å²) in [7, 11) is 1.20. The molecular weight excluding hydrogens is 393 g/mol. The molecule has 0 atom stereocenters. The maximum Gasteiger partial charge on any atom is 0.451 e. The Morgan fingerprint density at radius 1 is 1.14 bits per heavy atom. The number of nitrogens with one attached hydrogen (secondary N) is 1. The molecule has 1 heterocycles. The average molecular weight is 414 g/mol. The normalized spacial score (nSPS) is 11.5. The fourth-order valence-corrected chi connectivity index (χ4v) is 3.20. The van der Waals surface area contributed by atoms with Gasteiger partial charge in [0.05, 0.1) is 5.75 Å². The van der Waals surface area contributed by atoms with Gasteiger partial charge in [-0.1, -0.05) is 31.5 Å². The van der Waals surface area contributed by atoms with Gasteiger partial charge in [0.2, 0.25) is 11.7 Å². The molecule has 2 aromatic rings. The largest absolute Gasteiger partial charge is 0.451 e. The summed E-state index contributed by atoms with van der Waals surface area (Å²) < 4.78 is 38.9. The molecule has 6 nitrogen and oxygen atoms in total. The summed E-state index contributed by atoms with van der Waals surface area (Å²) >= 11 is 0.883. The standard InChI is InChI=1S/C18H21F3N4O2S/c1-3-4-5-6-15(27)22-13-9-7-12(8-10-13)14(26)11-28-17-24-23-16(25(17)2)18(19,20)21/h7-10H,3-6,11H2,1-2H3,(H,22,27). The van der Waals surface area contributed by atoms with Crippen LogP contribution in [0.4, 0.5) is 18.9 Å². The second-order valence-corrected chi connectivity index (χ2v) is 7.10. The molecule has 1 N–H and O–H groups in total. The number of carbonyl (C=O) groups excluding carboxylic acids is 2. The number of rotatable bonds is 9. The van der Waals surface area contributed by atoms with E-state index in [0.717, 1.165) is 35.6 Å². The van der Waals surface area contributed by atoms with Gasteiger partial charge < -0.3 is 9.88 Å². The maximum atomic E-state index is 12.7. The van der Waals surface area contributed by atoms with Crippen molar-refractivity contribution in [1.82, 2.24) is 14.8 Å². The summed E-state index contributed by atoms with van der Waals surface area (Å²) in [6.07, 6.45) is -1.29. The van der Waals surface area contributed by atoms with Gasteiger partial charge in [-0.3, -0.25) is 9.59 Å². The van der Waals surface area contributed by atoms with Crippen LogP contribution in [0.25, 0.3) is 0 Å². The minimum Gasteiger partial charge on any atom is -0.326 e. The molecule has 1 aromatic carbocycles. The monoisotopic (exact) mass is 414 g/mol. The van der Waals surface area contributed by atoms with Crippen LogP contribution in [0.5, 0.6) is 0 Å². The summed E-state index contributed by atoms with van der Waals surface area (Å²) in [4.78, 5) is 24.0. The van der Waals surface area contributed by atoms with Gasteiger partial charge in [-0.2, -0.15) is 13.2 Å². The number of anilines is 1. The lowest BCUT2D eigenvalue weighted by Crippen LogP contribution is -2.13. The predicted octanol–water partition coefficient (Wildman–Crippen LogP) is 4.33. The maximum absolute atomic E-state index is 12.7. The summed E-state index contributed by atoms with van der Waals surface area (Å²) in [5, 5.41) is 9.38. The molecule has 0 saturated carbocycles. The number of aromatic nitrogens is 3. The Morgan fingerprint density at radius 3 is 2.39 bits per heavy atom. The van der Waals surface area contributed by atoms with E-state index >= 15 is 0 Å². The Bertz CT molecular complexity index is 819. The highest BCUT2D eigenvalue weighted by Gasteiger charge is 2.37. The summed E-state index contributed by atoms with van der Waals surface area (Å²) in [5.41, 5.74) is 0.989. The van der Waals surface area contributed by atoms with Crippen molar-refractivity contribution < 1.29 is 22.8 Å². The zero-order chi connectivity index (χ0) is 20.7. The number of halogens is 3. The van der Waals surface area contributed by atoms with Gasteiger partial charge in [-0.05, 0) is 30.7 Å². The predicted molar refractivity (Wildman–Crippen MR) is 100 cm³/mol. The Hall–Kier alpha value is -2.36. The topological polar surface area (TPSA) is 76.9 Å². The number of ketones is 1. The number of carbonyl (C=O) groups is 2. The third kappa shape index (κ3) is 6.08. The van der Waals surface area contributed by atoms with E-state index in [1.165, 1.54) is 7.05 Å². The van der Waals surface area contributed by atoms with Crippen LogP contribution in [-0.2, 0) is 18.0 Å². The highest BCUT2D eigenvalue weighted by molar-refractivity contribution is 7.99. The van der Waals surface area contributed by atoms with Crippen molar-refractivity contribution in [3.05, 3.63) is 35.7 Å². The van der Waals surface area contributed by atoms with E-state index in [9.17, 15) is 22.8 Å². The number of amides is 1. The molecule has 28 heavy (non-hydrogen) atoms. The van der Waals surface area contributed by atoms with Crippen LogP contribution in [0, 0.1) is 0 Å². The molecular formula is C18H21F3N4O2S. The van der Waals surface area contributed by atoms with E-state index in [-0.39, 0.29) is 22.6 Å². The number of Topliss-reactive ketones (excluding diaryl/α,β-unsaturated/α-hetero) is 1. The molecule has 0 saturated heterocycles. The average Bonchev–Trinajstić information content (AvgIpc) is 3.01. The first-order valence-corrected chi connectivity index (χ1v) is 9.73. The van der Waals surface area contributed by atoms with E-state index in [1.54, 1.807) is 24.3 Å². The first-order chi connectivity index (χ1) is 13.2. The number of benzene rings is 1. The third-order valence-corrected chi connectivity index (χ3v) is 4.94. The van der Waals surface area contributed by atoms with Gasteiger partial charge in [-0.15, -0.1) is 10.2 Å². The van der Waals surface area contributed by atoms with Gasteiger partial charge >= 0.3 is 6.18 Å². The van der Waals surface area contributed by atoms with Crippen molar-refractivity contribution in [2.45, 2.75) is 43.9 Å². The molecule has 10 heteroatoms. The third-order valence-electron chi connectivity index (χ3n) is 3.92. The van der Waals surface area contributed by atoms with Gasteiger partial charge in [0.15, 0.2) is 10.9 Å². The van der Waals surface area contributed by atoms with E-state index < -0.39 is 12.0 Å². The highest BCUT2D eigenvalue weighted by Crippen LogP contribution is 2.29. The van der Waals surface area contributed by atoms with Crippen molar-refractivity contribution in [1.29, 1.82) is 0 Å². The molecule has 0 aliphatic rings. The van der Waals surface area contributed by atoms with Crippen molar-refractivity contribution in [3.63, 3.8) is 0 Å². The quantitative estimate of drug-likeness (QED) is 0.376. The summed E-state index contributed by atoms with van der Waals surface area (Å²) in [6.45, 7) is 2.06. The number of nitrogens with zero attached hydrogens (tertiary/aromatic N) is 3. The lowest BCUT2D eigenvalue weighted by atomic mass is 10.1. The molecule has 2 rings (SSSR count). The fraction of sp³-hybridized carbons (Fsp3) is 0.444. The van der Waals surface area contributed by atoms with Crippen LogP contribution in [0.1, 0.15) is 48.8 Å². The molecule has 0 spiro atoms. The first kappa shape index (κ1) is 21.9. The van der Waals surface area contributed by atoms with Crippen molar-refractivity contribution in [3.8, 4) is 0 Å². The van der Waals surface area contributed by atoms with Crippen LogP contribution in [0.3, 0.4) is 0 Å².